The van der Waals surface area contributed by atoms with Crippen LogP contribution in [0.4, 0.5) is 0 Å². The number of thioether (sulfide) groups is 1. The zero-order chi connectivity index (χ0) is 19.9. The monoisotopic (exact) mass is 398 g/mol. The number of amides is 1. The normalized spacial score (nSPS) is 15.4. The van der Waals surface area contributed by atoms with Crippen LogP contribution in [-0.2, 0) is 11.3 Å². The van der Waals surface area contributed by atoms with Crippen LogP contribution < -0.4 is 10.1 Å². The number of methoxy groups -OCH3 is 1. The molecule has 1 heterocycles. The van der Waals surface area contributed by atoms with Crippen LogP contribution in [0.1, 0.15) is 29.5 Å². The lowest BCUT2D eigenvalue weighted by molar-refractivity contribution is -0.119. The maximum absolute atomic E-state index is 12.4. The van der Waals surface area contributed by atoms with Gasteiger partial charge in [0, 0.05) is 36.1 Å². The molecule has 28 heavy (non-hydrogen) atoms. The first kappa shape index (κ1) is 20.7. The van der Waals surface area contributed by atoms with Crippen LogP contribution in [0.15, 0.2) is 47.4 Å². The number of rotatable bonds is 7. The number of carbonyl (C=O) groups excluding carboxylic acids is 1. The highest BCUT2D eigenvalue weighted by Crippen LogP contribution is 2.24. The number of carbonyl (C=O) groups is 1. The molecular formula is C23H30N2O2S. The van der Waals surface area contributed by atoms with E-state index in [4.69, 9.17) is 4.74 Å². The van der Waals surface area contributed by atoms with Gasteiger partial charge in [-0.15, -0.1) is 11.8 Å². The summed E-state index contributed by atoms with van der Waals surface area (Å²) in [6.07, 6.45) is 1.99. The summed E-state index contributed by atoms with van der Waals surface area (Å²) in [5.74, 6) is 1.56. The van der Waals surface area contributed by atoms with Gasteiger partial charge >= 0.3 is 0 Å². The Kier molecular flexibility index (Phi) is 7.40. The number of aryl methyl sites for hydroxylation is 2. The van der Waals surface area contributed by atoms with Gasteiger partial charge in [0.05, 0.1) is 12.9 Å². The average Bonchev–Trinajstić information content (AvgIpc) is 2.70. The van der Waals surface area contributed by atoms with Gasteiger partial charge in [0.1, 0.15) is 5.75 Å². The molecule has 0 saturated carbocycles. The Morgan fingerprint density at radius 3 is 2.68 bits per heavy atom. The minimum atomic E-state index is 0.133. The average molecular weight is 399 g/mol. The molecule has 1 fully saturated rings. The molecule has 1 N–H and O–H groups in total. The predicted octanol–water partition coefficient (Wildman–Crippen LogP) is 4.18. The van der Waals surface area contributed by atoms with E-state index in [0.29, 0.717) is 5.75 Å². The van der Waals surface area contributed by atoms with Crippen LogP contribution in [0.5, 0.6) is 5.75 Å². The number of benzene rings is 2. The molecule has 150 valence electrons. The molecule has 5 heteroatoms. The molecule has 1 aliphatic rings. The first-order chi connectivity index (χ1) is 13.5. The number of nitrogens with one attached hydrogen (secondary N) is 1. The van der Waals surface area contributed by atoms with Crippen LogP contribution in [0.2, 0.25) is 0 Å². The molecular weight excluding hydrogens is 368 g/mol. The number of nitrogens with zero attached hydrogens (tertiary/aromatic N) is 1. The van der Waals surface area contributed by atoms with E-state index in [1.165, 1.54) is 21.6 Å². The van der Waals surface area contributed by atoms with Crippen molar-refractivity contribution in [1.82, 2.24) is 10.2 Å². The summed E-state index contributed by atoms with van der Waals surface area (Å²) < 4.78 is 5.45. The topological polar surface area (TPSA) is 41.6 Å². The van der Waals surface area contributed by atoms with Crippen LogP contribution in [0.3, 0.4) is 0 Å². The number of hydrogen-bond acceptors (Lipinski definition) is 4. The van der Waals surface area contributed by atoms with Gasteiger partial charge in [-0.3, -0.25) is 9.69 Å². The molecule has 0 aliphatic carbocycles. The second-order valence-electron chi connectivity index (χ2n) is 7.49. The Balaban J connectivity index is 1.42. The summed E-state index contributed by atoms with van der Waals surface area (Å²) in [7, 11) is 1.72. The quantitative estimate of drug-likeness (QED) is 0.710. The standard InChI is InChI=1S/C23H30N2O2S/c1-17-8-9-18(2)22(14-17)28-16-23(26)24-20-10-12-25(13-11-20)15-19-6-4-5-7-21(19)27-3/h4-9,14,20H,10-13,15-16H2,1-3H3,(H,24,26). The van der Waals surface area contributed by atoms with Gasteiger partial charge in [0.15, 0.2) is 0 Å². The largest absolute Gasteiger partial charge is 0.496 e. The number of para-hydroxylation sites is 1. The van der Waals surface area contributed by atoms with Crippen LogP contribution in [0, 0.1) is 13.8 Å². The first-order valence-corrected chi connectivity index (χ1v) is 10.9. The van der Waals surface area contributed by atoms with Gasteiger partial charge < -0.3 is 10.1 Å². The van der Waals surface area contributed by atoms with Crippen molar-refractivity contribution in [2.45, 2.75) is 44.2 Å². The number of hydrogen-bond donors (Lipinski definition) is 1. The molecule has 4 nitrogen and oxygen atoms in total. The lowest BCUT2D eigenvalue weighted by atomic mass is 10.0. The highest BCUT2D eigenvalue weighted by atomic mass is 32.2. The number of ether oxygens (including phenoxy) is 1. The van der Waals surface area contributed by atoms with Crippen LogP contribution >= 0.6 is 11.8 Å². The Morgan fingerprint density at radius 2 is 1.93 bits per heavy atom. The van der Waals surface area contributed by atoms with Crippen molar-refractivity contribution in [1.29, 1.82) is 0 Å². The molecule has 2 aromatic carbocycles. The molecule has 0 spiro atoms. The van der Waals surface area contributed by atoms with E-state index in [2.05, 4.69) is 54.4 Å². The predicted molar refractivity (Wildman–Crippen MR) is 116 cm³/mol. The van der Waals surface area contributed by atoms with E-state index in [1.807, 2.05) is 12.1 Å². The number of piperidine rings is 1. The van der Waals surface area contributed by atoms with Crippen molar-refractivity contribution >= 4 is 17.7 Å². The van der Waals surface area contributed by atoms with Crippen molar-refractivity contribution in [2.24, 2.45) is 0 Å². The lowest BCUT2D eigenvalue weighted by Gasteiger charge is -2.32. The third-order valence-corrected chi connectivity index (χ3v) is 6.40. The molecule has 0 aromatic heterocycles. The Morgan fingerprint density at radius 1 is 1.18 bits per heavy atom. The minimum absolute atomic E-state index is 0.133. The second-order valence-corrected chi connectivity index (χ2v) is 8.50. The van der Waals surface area contributed by atoms with E-state index in [0.717, 1.165) is 38.2 Å². The zero-order valence-corrected chi connectivity index (χ0v) is 17.8. The van der Waals surface area contributed by atoms with Gasteiger partial charge in [0.2, 0.25) is 5.91 Å². The minimum Gasteiger partial charge on any atom is -0.496 e. The summed E-state index contributed by atoms with van der Waals surface area (Å²) in [4.78, 5) is 16.0. The van der Waals surface area contributed by atoms with Gasteiger partial charge in [-0.2, -0.15) is 0 Å². The smallest absolute Gasteiger partial charge is 0.230 e. The fraction of sp³-hybridized carbons (Fsp3) is 0.435. The van der Waals surface area contributed by atoms with Crippen molar-refractivity contribution in [3.63, 3.8) is 0 Å². The Bertz CT molecular complexity index is 801. The molecule has 0 atom stereocenters. The van der Waals surface area contributed by atoms with Gasteiger partial charge in [0.25, 0.3) is 0 Å². The Labute approximate surface area is 172 Å². The SMILES string of the molecule is COc1ccccc1CN1CCC(NC(=O)CSc2cc(C)ccc2C)CC1. The highest BCUT2D eigenvalue weighted by Gasteiger charge is 2.21. The summed E-state index contributed by atoms with van der Waals surface area (Å²) in [5, 5.41) is 3.22. The molecule has 0 bridgehead atoms. The number of likely N-dealkylation sites (tertiary alicyclic amines) is 1. The summed E-state index contributed by atoms with van der Waals surface area (Å²) >= 11 is 1.63. The maximum atomic E-state index is 12.4. The summed E-state index contributed by atoms with van der Waals surface area (Å²) in [5.41, 5.74) is 3.68. The van der Waals surface area contributed by atoms with E-state index in [-0.39, 0.29) is 11.9 Å². The fourth-order valence-corrected chi connectivity index (χ4v) is 4.52. The Hall–Kier alpha value is -1.98. The van der Waals surface area contributed by atoms with E-state index in [9.17, 15) is 4.79 Å². The van der Waals surface area contributed by atoms with E-state index < -0.39 is 0 Å². The van der Waals surface area contributed by atoms with Crippen LogP contribution in [-0.4, -0.2) is 42.8 Å². The van der Waals surface area contributed by atoms with Crippen molar-refractivity contribution < 1.29 is 9.53 Å². The van der Waals surface area contributed by atoms with Crippen LogP contribution in [0.25, 0.3) is 0 Å². The third-order valence-electron chi connectivity index (χ3n) is 5.24. The van der Waals surface area contributed by atoms with Crippen molar-refractivity contribution in [3.05, 3.63) is 59.2 Å². The zero-order valence-electron chi connectivity index (χ0n) is 17.0. The molecule has 0 radical (unpaired) electrons. The van der Waals surface area contributed by atoms with E-state index >= 15 is 0 Å². The van der Waals surface area contributed by atoms with Gasteiger partial charge in [-0.25, -0.2) is 0 Å². The van der Waals surface area contributed by atoms with Crippen molar-refractivity contribution in [3.8, 4) is 5.75 Å². The molecule has 1 amide bonds. The summed E-state index contributed by atoms with van der Waals surface area (Å²) in [6, 6.07) is 14.8. The molecule has 0 unspecified atom stereocenters. The van der Waals surface area contributed by atoms with Gasteiger partial charge in [-0.1, -0.05) is 35.9 Å². The van der Waals surface area contributed by atoms with Gasteiger partial charge in [-0.05, 0) is 44.4 Å². The maximum Gasteiger partial charge on any atom is 0.230 e. The fourth-order valence-electron chi connectivity index (χ4n) is 3.59. The van der Waals surface area contributed by atoms with E-state index in [1.54, 1.807) is 18.9 Å². The second kappa shape index (κ2) is 9.99. The third kappa shape index (κ3) is 5.76. The molecule has 2 aromatic rings. The summed E-state index contributed by atoms with van der Waals surface area (Å²) in [6.45, 7) is 7.06. The van der Waals surface area contributed by atoms with Crippen molar-refractivity contribution in [2.75, 3.05) is 26.0 Å². The molecule has 1 saturated heterocycles. The highest BCUT2D eigenvalue weighted by molar-refractivity contribution is 8.00. The molecule has 3 rings (SSSR count). The first-order valence-electron chi connectivity index (χ1n) is 9.89. The lowest BCUT2D eigenvalue weighted by Crippen LogP contribution is -2.44. The molecule has 1 aliphatic heterocycles.